The molecule has 0 saturated carbocycles. The number of nitrogens with zero attached hydrogens (tertiary/aromatic N) is 1. The minimum Gasteiger partial charge on any atom is -0.491 e. The number of aliphatic imine (C=N–C) groups is 1. The highest BCUT2D eigenvalue weighted by atomic mass is 127. The lowest BCUT2D eigenvalue weighted by Gasteiger charge is -2.19. The van der Waals surface area contributed by atoms with Crippen LogP contribution in [0.5, 0.6) is 5.75 Å². The average Bonchev–Trinajstić information content (AvgIpc) is 2.72. The van der Waals surface area contributed by atoms with Crippen molar-refractivity contribution in [3.63, 3.8) is 0 Å². The number of halogens is 1. The summed E-state index contributed by atoms with van der Waals surface area (Å²) in [5.74, 6) is 1.38. The van der Waals surface area contributed by atoms with E-state index >= 15 is 0 Å². The number of ether oxygens (including phenoxy) is 2. The Kier molecular flexibility index (Phi) is 12.4. The summed E-state index contributed by atoms with van der Waals surface area (Å²) in [5.41, 5.74) is 1.88. The van der Waals surface area contributed by atoms with E-state index < -0.39 is 6.10 Å². The van der Waals surface area contributed by atoms with Gasteiger partial charge in [-0.25, -0.2) is 0 Å². The Morgan fingerprint density at radius 1 is 1.03 bits per heavy atom. The van der Waals surface area contributed by atoms with Gasteiger partial charge in [0.25, 0.3) is 0 Å². The molecule has 0 spiro atoms. The summed E-state index contributed by atoms with van der Waals surface area (Å²) in [4.78, 5) is 4.53. The van der Waals surface area contributed by atoms with Gasteiger partial charge in [-0.1, -0.05) is 42.5 Å². The third kappa shape index (κ3) is 8.89. The zero-order chi connectivity index (χ0) is 21.1. The number of hydrogen-bond donors (Lipinski definition) is 3. The number of methoxy groups -OCH3 is 1. The molecule has 2 unspecified atom stereocenters. The molecule has 2 aromatic rings. The van der Waals surface area contributed by atoms with E-state index in [0.29, 0.717) is 12.5 Å². The summed E-state index contributed by atoms with van der Waals surface area (Å²) in [5, 5.41) is 17.1. The van der Waals surface area contributed by atoms with Crippen LogP contribution in [0.3, 0.4) is 0 Å². The molecule has 0 radical (unpaired) electrons. The van der Waals surface area contributed by atoms with E-state index in [2.05, 4.69) is 15.6 Å². The molecule has 0 fully saturated rings. The van der Waals surface area contributed by atoms with Crippen molar-refractivity contribution in [2.45, 2.75) is 39.1 Å². The molecular weight excluding hydrogens is 493 g/mol. The standard InChI is InChI=1S/C23H33N3O3.HI/c1-5-24-23(26-16-22(28-4)18-10-7-6-8-11-18)25-15-21(27)19-12-9-13-20(14-19)29-17(2)3;/h6-14,17,21-22,27H,5,15-16H2,1-4H3,(H2,24,25,26);1H. The number of aliphatic hydroxyl groups excluding tert-OH is 1. The Bertz CT molecular complexity index is 756. The average molecular weight is 527 g/mol. The second-order valence-corrected chi connectivity index (χ2v) is 6.99. The van der Waals surface area contributed by atoms with Crippen LogP contribution in [0.25, 0.3) is 0 Å². The molecule has 7 heteroatoms. The molecular formula is C23H34IN3O3. The van der Waals surface area contributed by atoms with Crippen molar-refractivity contribution in [1.82, 2.24) is 10.6 Å². The van der Waals surface area contributed by atoms with E-state index in [1.54, 1.807) is 7.11 Å². The maximum atomic E-state index is 10.6. The first kappa shape index (κ1) is 26.2. The summed E-state index contributed by atoms with van der Waals surface area (Å²) in [7, 11) is 1.69. The number of rotatable bonds is 10. The fourth-order valence-corrected chi connectivity index (χ4v) is 2.89. The quantitative estimate of drug-likeness (QED) is 0.247. The number of nitrogens with one attached hydrogen (secondary N) is 2. The molecule has 30 heavy (non-hydrogen) atoms. The molecule has 0 aliphatic rings. The molecule has 0 aliphatic heterocycles. The zero-order valence-electron chi connectivity index (χ0n) is 18.2. The topological polar surface area (TPSA) is 75.1 Å². The highest BCUT2D eigenvalue weighted by Gasteiger charge is 2.12. The Morgan fingerprint density at radius 2 is 1.73 bits per heavy atom. The Morgan fingerprint density at radius 3 is 2.37 bits per heavy atom. The minimum atomic E-state index is -0.714. The summed E-state index contributed by atoms with van der Waals surface area (Å²) < 4.78 is 11.3. The van der Waals surface area contributed by atoms with Crippen molar-refractivity contribution in [2.75, 3.05) is 26.7 Å². The second kappa shape index (κ2) is 14.2. The number of guanidine groups is 1. The van der Waals surface area contributed by atoms with E-state index in [9.17, 15) is 5.11 Å². The van der Waals surface area contributed by atoms with Crippen LogP contribution >= 0.6 is 24.0 Å². The summed E-state index contributed by atoms with van der Waals surface area (Å²) >= 11 is 0. The number of benzene rings is 2. The summed E-state index contributed by atoms with van der Waals surface area (Å²) in [6.07, 6.45) is -0.716. The predicted octanol–water partition coefficient (Wildman–Crippen LogP) is 4.07. The Balaban J connectivity index is 0.00000450. The normalized spacial score (nSPS) is 13.3. The molecule has 0 saturated heterocycles. The van der Waals surface area contributed by atoms with Crippen molar-refractivity contribution >= 4 is 29.9 Å². The van der Waals surface area contributed by atoms with Crippen LogP contribution in [-0.4, -0.2) is 43.9 Å². The van der Waals surface area contributed by atoms with Crippen LogP contribution in [-0.2, 0) is 4.74 Å². The van der Waals surface area contributed by atoms with Crippen molar-refractivity contribution in [2.24, 2.45) is 4.99 Å². The Labute approximate surface area is 197 Å². The lowest BCUT2D eigenvalue weighted by molar-refractivity contribution is 0.106. The maximum absolute atomic E-state index is 10.6. The van der Waals surface area contributed by atoms with Gasteiger partial charge in [-0.15, -0.1) is 24.0 Å². The van der Waals surface area contributed by atoms with Crippen LogP contribution < -0.4 is 15.4 Å². The summed E-state index contributed by atoms with van der Waals surface area (Å²) in [6, 6.07) is 17.6. The lowest BCUT2D eigenvalue weighted by atomic mass is 10.1. The highest BCUT2D eigenvalue weighted by molar-refractivity contribution is 14.0. The fourth-order valence-electron chi connectivity index (χ4n) is 2.89. The van der Waals surface area contributed by atoms with Crippen molar-refractivity contribution in [3.05, 3.63) is 65.7 Å². The molecule has 166 valence electrons. The highest BCUT2D eigenvalue weighted by Crippen LogP contribution is 2.20. The first-order valence-electron chi connectivity index (χ1n) is 10.1. The molecule has 0 aliphatic carbocycles. The molecule has 0 bridgehead atoms. The first-order chi connectivity index (χ1) is 14.0. The van der Waals surface area contributed by atoms with Gasteiger partial charge in [0.05, 0.1) is 24.9 Å². The molecule has 6 nitrogen and oxygen atoms in total. The number of hydrogen-bond acceptors (Lipinski definition) is 4. The molecule has 0 aromatic heterocycles. The van der Waals surface area contributed by atoms with Gasteiger partial charge < -0.3 is 25.2 Å². The van der Waals surface area contributed by atoms with Crippen LogP contribution in [0.4, 0.5) is 0 Å². The van der Waals surface area contributed by atoms with Crippen LogP contribution in [0.15, 0.2) is 59.6 Å². The third-order valence-electron chi connectivity index (χ3n) is 4.29. The van der Waals surface area contributed by atoms with Gasteiger partial charge in [-0.2, -0.15) is 0 Å². The van der Waals surface area contributed by atoms with Gasteiger partial charge in [0.1, 0.15) is 5.75 Å². The predicted molar refractivity (Wildman–Crippen MR) is 133 cm³/mol. The largest absolute Gasteiger partial charge is 0.491 e. The molecule has 0 heterocycles. The lowest BCUT2D eigenvalue weighted by Crippen LogP contribution is -2.40. The van der Waals surface area contributed by atoms with Crippen LogP contribution in [0.1, 0.15) is 44.1 Å². The Hall–Kier alpha value is -1.84. The van der Waals surface area contributed by atoms with Gasteiger partial charge in [0, 0.05) is 20.2 Å². The smallest absolute Gasteiger partial charge is 0.191 e. The van der Waals surface area contributed by atoms with Gasteiger partial charge in [0.15, 0.2) is 5.96 Å². The minimum absolute atomic E-state index is 0. The monoisotopic (exact) mass is 527 g/mol. The van der Waals surface area contributed by atoms with E-state index in [1.807, 2.05) is 75.4 Å². The second-order valence-electron chi connectivity index (χ2n) is 6.99. The molecule has 3 N–H and O–H groups in total. The van der Waals surface area contributed by atoms with Crippen LogP contribution in [0, 0.1) is 0 Å². The van der Waals surface area contributed by atoms with E-state index in [1.165, 1.54) is 0 Å². The molecule has 2 atom stereocenters. The molecule has 0 amide bonds. The van der Waals surface area contributed by atoms with E-state index in [0.717, 1.165) is 23.4 Å². The number of aliphatic hydroxyl groups is 1. The first-order valence-corrected chi connectivity index (χ1v) is 10.1. The molecule has 2 rings (SSSR count). The zero-order valence-corrected chi connectivity index (χ0v) is 20.5. The fraction of sp³-hybridized carbons (Fsp3) is 0.435. The van der Waals surface area contributed by atoms with Crippen LogP contribution in [0.2, 0.25) is 0 Å². The maximum Gasteiger partial charge on any atom is 0.191 e. The SMILES string of the molecule is CCNC(=NCC(O)c1cccc(OC(C)C)c1)NCC(OC)c1ccccc1.I. The van der Waals surface area contributed by atoms with Crippen molar-refractivity contribution in [3.8, 4) is 5.75 Å². The van der Waals surface area contributed by atoms with Gasteiger partial charge >= 0.3 is 0 Å². The van der Waals surface area contributed by atoms with Gasteiger partial charge in [0.2, 0.25) is 0 Å². The van der Waals surface area contributed by atoms with Crippen molar-refractivity contribution < 1.29 is 14.6 Å². The van der Waals surface area contributed by atoms with Gasteiger partial charge in [-0.3, -0.25) is 4.99 Å². The van der Waals surface area contributed by atoms with Gasteiger partial charge in [-0.05, 0) is 44.0 Å². The van der Waals surface area contributed by atoms with Crippen molar-refractivity contribution in [1.29, 1.82) is 0 Å². The molecule has 2 aromatic carbocycles. The van der Waals surface area contributed by atoms with E-state index in [-0.39, 0.29) is 42.7 Å². The third-order valence-corrected chi connectivity index (χ3v) is 4.29. The summed E-state index contributed by atoms with van der Waals surface area (Å²) in [6.45, 7) is 7.49. The van der Waals surface area contributed by atoms with E-state index in [4.69, 9.17) is 9.47 Å².